The van der Waals surface area contributed by atoms with E-state index in [0.29, 0.717) is 18.3 Å². The lowest BCUT2D eigenvalue weighted by molar-refractivity contribution is -0.117. The fourth-order valence-electron chi connectivity index (χ4n) is 4.25. The molecule has 1 aromatic carbocycles. The average molecular weight is 475 g/mol. The van der Waals surface area contributed by atoms with Crippen molar-refractivity contribution in [2.45, 2.75) is 103 Å². The number of carbonyl (C=O) groups excluding carboxylic acids is 1. The molecule has 3 rings (SSSR count). The molecule has 1 N–H and O–H groups in total. The molecule has 1 amide bonds. The number of benzene rings is 1. The first-order valence-corrected chi connectivity index (χ1v) is 13.3. The zero-order chi connectivity index (χ0) is 24.6. The van der Waals surface area contributed by atoms with Crippen molar-refractivity contribution in [3.05, 3.63) is 29.3 Å². The summed E-state index contributed by atoms with van der Waals surface area (Å²) < 4.78 is 29.2. The molecule has 1 aromatic heterocycles. The first-order valence-electron chi connectivity index (χ1n) is 11.8. The highest BCUT2D eigenvalue weighted by Crippen LogP contribution is 2.34. The largest absolute Gasteiger partial charge is 0.301 e. The van der Waals surface area contributed by atoms with Gasteiger partial charge in [0.05, 0.1) is 0 Å². The predicted molar refractivity (Wildman–Crippen MR) is 130 cm³/mol. The Balaban J connectivity index is 2.18. The van der Waals surface area contributed by atoms with E-state index in [1.54, 1.807) is 4.68 Å². The summed E-state index contributed by atoms with van der Waals surface area (Å²) in [5, 5.41) is 4.03. The van der Waals surface area contributed by atoms with E-state index >= 15 is 0 Å². The number of sulfonamides is 1. The van der Waals surface area contributed by atoms with Crippen LogP contribution in [-0.4, -0.2) is 29.1 Å². The maximum absolute atomic E-state index is 12.7. The number of aromatic nitrogens is 3. The summed E-state index contributed by atoms with van der Waals surface area (Å²) >= 11 is 0. The van der Waals surface area contributed by atoms with Crippen LogP contribution in [0.25, 0.3) is 11.4 Å². The number of rotatable bonds is 5. The van der Waals surface area contributed by atoms with Crippen LogP contribution < -0.4 is 4.72 Å². The highest BCUT2D eigenvalue weighted by molar-refractivity contribution is 7.89. The Bertz CT molecular complexity index is 1080. The summed E-state index contributed by atoms with van der Waals surface area (Å²) in [6, 6.07) is 6.40. The quantitative estimate of drug-likeness (QED) is 0.662. The second kappa shape index (κ2) is 9.20. The molecule has 1 aliphatic carbocycles. The van der Waals surface area contributed by atoms with Crippen molar-refractivity contribution in [1.29, 1.82) is 0 Å². The second-order valence-corrected chi connectivity index (χ2v) is 12.9. The number of hydrogen-bond donors (Lipinski definition) is 1. The monoisotopic (exact) mass is 474 g/mol. The zero-order valence-electron chi connectivity index (χ0n) is 21.0. The molecular weight excluding hydrogens is 436 g/mol. The molecular formula is C25H38N4O3S. The second-order valence-electron chi connectivity index (χ2n) is 11.4. The Morgan fingerprint density at radius 3 is 2.03 bits per heavy atom. The topological polar surface area (TPSA) is 94.0 Å². The van der Waals surface area contributed by atoms with Gasteiger partial charge in [-0.2, -0.15) is 13.4 Å². The number of amides is 1. The van der Waals surface area contributed by atoms with E-state index in [2.05, 4.69) is 69.8 Å². The molecule has 33 heavy (non-hydrogen) atoms. The molecule has 1 heterocycles. The van der Waals surface area contributed by atoms with E-state index in [1.807, 2.05) is 4.72 Å². The van der Waals surface area contributed by atoms with E-state index in [-0.39, 0.29) is 16.0 Å². The molecule has 7 nitrogen and oxygen atoms in total. The third kappa shape index (κ3) is 6.22. The molecule has 0 atom stereocenters. The highest BCUT2D eigenvalue weighted by Gasteiger charge is 2.28. The van der Waals surface area contributed by atoms with Crippen LogP contribution in [0.4, 0.5) is 0 Å². The van der Waals surface area contributed by atoms with Crippen molar-refractivity contribution in [2.24, 2.45) is 5.92 Å². The van der Waals surface area contributed by atoms with Gasteiger partial charge in [-0.25, -0.2) is 9.40 Å². The summed E-state index contributed by atoms with van der Waals surface area (Å²) in [5.74, 6) is 0.300. The van der Waals surface area contributed by atoms with E-state index in [0.717, 1.165) is 29.5 Å². The Labute approximate surface area is 198 Å². The Morgan fingerprint density at radius 2 is 1.55 bits per heavy atom. The first kappa shape index (κ1) is 25.4. The highest BCUT2D eigenvalue weighted by atomic mass is 32.2. The molecule has 0 saturated heterocycles. The molecule has 8 heteroatoms. The lowest BCUT2D eigenvalue weighted by Gasteiger charge is -2.26. The van der Waals surface area contributed by atoms with Crippen LogP contribution in [0.2, 0.25) is 0 Å². The van der Waals surface area contributed by atoms with Crippen molar-refractivity contribution < 1.29 is 13.2 Å². The van der Waals surface area contributed by atoms with Gasteiger partial charge in [0.2, 0.25) is 5.91 Å². The summed E-state index contributed by atoms with van der Waals surface area (Å²) in [7, 11) is -4.13. The Kier molecular flexibility index (Phi) is 7.08. The summed E-state index contributed by atoms with van der Waals surface area (Å²) in [6.45, 7) is 14.8. The van der Waals surface area contributed by atoms with E-state index < -0.39 is 15.9 Å². The van der Waals surface area contributed by atoms with Crippen molar-refractivity contribution in [3.8, 4) is 11.4 Å². The lowest BCUT2D eigenvalue weighted by Crippen LogP contribution is -2.29. The molecule has 0 radical (unpaired) electrons. The zero-order valence-corrected chi connectivity index (χ0v) is 21.8. The SMILES string of the molecule is CC(=O)NS(=O)(=O)c1nc(-c2cc(C(C)(C)C)cc(C(C)(C)C)c2)n(CC2CCCCC2)n1. The van der Waals surface area contributed by atoms with Gasteiger partial charge in [-0.1, -0.05) is 66.9 Å². The fraction of sp³-hybridized carbons (Fsp3) is 0.640. The molecule has 0 spiro atoms. The van der Waals surface area contributed by atoms with Crippen molar-refractivity contribution in [2.75, 3.05) is 0 Å². The van der Waals surface area contributed by atoms with E-state index in [1.165, 1.54) is 26.2 Å². The van der Waals surface area contributed by atoms with Crippen molar-refractivity contribution in [3.63, 3.8) is 0 Å². The van der Waals surface area contributed by atoms with E-state index in [4.69, 9.17) is 0 Å². The molecule has 0 bridgehead atoms. The standard InChI is InChI=1S/C25H38N4O3S/c1-17(30)28-33(31,32)23-26-22(29(27-23)16-18-11-9-8-10-12-18)19-13-20(24(2,3)4)15-21(14-19)25(5,6)7/h13-15,18H,8-12,16H2,1-7H3,(H,28,30). The summed E-state index contributed by atoms with van der Waals surface area (Å²) in [6.07, 6.45) is 5.80. The van der Waals surface area contributed by atoms with Gasteiger partial charge in [-0.3, -0.25) is 4.79 Å². The van der Waals surface area contributed by atoms with Crippen LogP contribution in [0.1, 0.15) is 91.7 Å². The smallest absolute Gasteiger partial charge is 0.274 e. The van der Waals surface area contributed by atoms with Crippen LogP contribution >= 0.6 is 0 Å². The van der Waals surface area contributed by atoms with Gasteiger partial charge in [0.15, 0.2) is 5.82 Å². The van der Waals surface area contributed by atoms with Gasteiger partial charge in [-0.05, 0) is 52.8 Å². The van der Waals surface area contributed by atoms with Crippen molar-refractivity contribution >= 4 is 15.9 Å². The number of nitrogens with one attached hydrogen (secondary N) is 1. The molecule has 1 fully saturated rings. The number of nitrogens with zero attached hydrogens (tertiary/aromatic N) is 3. The molecule has 2 aromatic rings. The van der Waals surface area contributed by atoms with Gasteiger partial charge >= 0.3 is 10.0 Å². The lowest BCUT2D eigenvalue weighted by atomic mass is 9.79. The summed E-state index contributed by atoms with van der Waals surface area (Å²) in [4.78, 5) is 15.9. The molecule has 1 saturated carbocycles. The minimum Gasteiger partial charge on any atom is -0.274 e. The average Bonchev–Trinajstić information content (AvgIpc) is 3.11. The number of carbonyl (C=O) groups is 1. The summed E-state index contributed by atoms with van der Waals surface area (Å²) in [5.41, 5.74) is 2.98. The maximum atomic E-state index is 12.7. The third-order valence-corrected chi connectivity index (χ3v) is 7.46. The molecule has 182 valence electrons. The third-order valence-electron chi connectivity index (χ3n) is 6.25. The molecule has 1 aliphatic rings. The van der Waals surface area contributed by atoms with Gasteiger partial charge in [0, 0.05) is 19.0 Å². The van der Waals surface area contributed by atoms with Crippen molar-refractivity contribution in [1.82, 2.24) is 19.5 Å². The van der Waals surface area contributed by atoms with Gasteiger partial charge in [-0.15, -0.1) is 5.10 Å². The fourth-order valence-corrected chi connectivity index (χ4v) is 5.13. The minimum absolute atomic E-state index is 0.0880. The predicted octanol–water partition coefficient (Wildman–Crippen LogP) is 4.95. The van der Waals surface area contributed by atoms with Crippen LogP contribution in [-0.2, 0) is 32.2 Å². The Hall–Kier alpha value is -2.22. The van der Waals surface area contributed by atoms with Gasteiger partial charge < -0.3 is 0 Å². The normalized spacial score (nSPS) is 16.1. The van der Waals surface area contributed by atoms with Crippen LogP contribution in [0.15, 0.2) is 23.4 Å². The first-order chi connectivity index (χ1) is 15.2. The molecule has 0 aliphatic heterocycles. The molecule has 0 unspecified atom stereocenters. The van der Waals surface area contributed by atoms with Crippen LogP contribution in [0, 0.1) is 5.92 Å². The Morgan fingerprint density at radius 1 is 1.00 bits per heavy atom. The number of hydrogen-bond acceptors (Lipinski definition) is 5. The van der Waals surface area contributed by atoms with Crippen LogP contribution in [0.5, 0.6) is 0 Å². The van der Waals surface area contributed by atoms with Crippen LogP contribution in [0.3, 0.4) is 0 Å². The van der Waals surface area contributed by atoms with Gasteiger partial charge in [0.1, 0.15) is 0 Å². The maximum Gasteiger partial charge on any atom is 0.301 e. The van der Waals surface area contributed by atoms with E-state index in [9.17, 15) is 13.2 Å². The minimum atomic E-state index is -4.13. The van der Waals surface area contributed by atoms with Gasteiger partial charge in [0.25, 0.3) is 5.16 Å².